The summed E-state index contributed by atoms with van der Waals surface area (Å²) in [5.41, 5.74) is 6.94. The quantitative estimate of drug-likeness (QED) is 0.867. The van der Waals surface area contributed by atoms with E-state index in [0.717, 1.165) is 12.8 Å². The van der Waals surface area contributed by atoms with Crippen molar-refractivity contribution in [3.8, 4) is 17.6 Å². The van der Waals surface area contributed by atoms with Gasteiger partial charge in [0.1, 0.15) is 0 Å². The summed E-state index contributed by atoms with van der Waals surface area (Å²) in [7, 11) is 1.45. The van der Waals surface area contributed by atoms with Crippen LogP contribution in [0, 0.1) is 11.3 Å². The molecule has 0 amide bonds. The Morgan fingerprint density at radius 1 is 1.53 bits per heavy atom. The minimum Gasteiger partial charge on any atom is -0.504 e. The number of nitrogens with zero attached hydrogens (tertiary/aromatic N) is 1. The molecule has 0 aliphatic heterocycles. The van der Waals surface area contributed by atoms with Crippen molar-refractivity contribution in [2.45, 2.75) is 25.8 Å². The lowest BCUT2D eigenvalue weighted by molar-refractivity contribution is 0.367. The van der Waals surface area contributed by atoms with Crippen molar-refractivity contribution >= 4 is 12.4 Å². The van der Waals surface area contributed by atoms with Gasteiger partial charge in [0.2, 0.25) is 0 Å². The monoisotopic (exact) mass is 256 g/mol. The fourth-order valence-electron chi connectivity index (χ4n) is 1.60. The molecule has 5 heteroatoms. The first-order chi connectivity index (χ1) is 7.63. The molecule has 0 heterocycles. The Bertz CT molecular complexity index is 416. The van der Waals surface area contributed by atoms with Gasteiger partial charge in [-0.15, -0.1) is 12.4 Å². The van der Waals surface area contributed by atoms with E-state index >= 15 is 0 Å². The van der Waals surface area contributed by atoms with Crippen LogP contribution in [-0.2, 0) is 0 Å². The standard InChI is InChI=1S/C12H16N2O2.ClH/c1-3-4-10(14)9-5-8(7-13)6-11(16-2)12(9)15;/h5-6,10,15H,3-4,14H2,1-2H3;1H/t10-;/m0./s1. The van der Waals surface area contributed by atoms with Gasteiger partial charge in [-0.25, -0.2) is 0 Å². The number of ether oxygens (including phenoxy) is 1. The fourth-order valence-corrected chi connectivity index (χ4v) is 1.60. The zero-order chi connectivity index (χ0) is 12.1. The predicted molar refractivity (Wildman–Crippen MR) is 68.5 cm³/mol. The van der Waals surface area contributed by atoms with E-state index in [2.05, 4.69) is 0 Å². The first-order valence-corrected chi connectivity index (χ1v) is 5.20. The van der Waals surface area contributed by atoms with Crippen LogP contribution in [0.2, 0.25) is 0 Å². The highest BCUT2D eigenvalue weighted by Crippen LogP contribution is 2.35. The van der Waals surface area contributed by atoms with Gasteiger partial charge in [0.25, 0.3) is 0 Å². The number of halogens is 1. The minimum atomic E-state index is -0.271. The molecule has 1 rings (SSSR count). The summed E-state index contributed by atoms with van der Waals surface area (Å²) in [5.74, 6) is 0.322. The average Bonchev–Trinajstić information content (AvgIpc) is 2.29. The van der Waals surface area contributed by atoms with Crippen LogP contribution >= 0.6 is 12.4 Å². The Morgan fingerprint density at radius 2 is 2.18 bits per heavy atom. The molecule has 0 aliphatic carbocycles. The number of phenols is 1. The molecule has 3 N–H and O–H groups in total. The van der Waals surface area contributed by atoms with Crippen molar-refractivity contribution in [2.24, 2.45) is 5.73 Å². The van der Waals surface area contributed by atoms with Crippen LogP contribution in [-0.4, -0.2) is 12.2 Å². The molecule has 1 atom stereocenters. The van der Waals surface area contributed by atoms with Gasteiger partial charge in [-0.2, -0.15) is 5.26 Å². The lowest BCUT2D eigenvalue weighted by atomic mass is 9.99. The number of hydrogen-bond donors (Lipinski definition) is 2. The lowest BCUT2D eigenvalue weighted by Crippen LogP contribution is -2.10. The summed E-state index contributed by atoms with van der Waals surface area (Å²) in [4.78, 5) is 0. The Balaban J connectivity index is 0.00000256. The minimum absolute atomic E-state index is 0. The molecule has 1 aromatic rings. The number of nitrogens with two attached hydrogens (primary N) is 1. The maximum atomic E-state index is 9.89. The number of aromatic hydroxyl groups is 1. The summed E-state index contributed by atoms with van der Waals surface area (Å²) in [6.45, 7) is 2.02. The number of rotatable bonds is 4. The van der Waals surface area contributed by atoms with Crippen LogP contribution in [0.15, 0.2) is 12.1 Å². The van der Waals surface area contributed by atoms with Crippen LogP contribution in [0.5, 0.6) is 11.5 Å². The van der Waals surface area contributed by atoms with E-state index in [4.69, 9.17) is 15.7 Å². The third-order valence-corrected chi connectivity index (χ3v) is 2.45. The molecule has 0 aromatic heterocycles. The third kappa shape index (κ3) is 3.52. The van der Waals surface area contributed by atoms with E-state index < -0.39 is 0 Å². The number of hydrogen-bond acceptors (Lipinski definition) is 4. The average molecular weight is 257 g/mol. The predicted octanol–water partition coefficient (Wildman–Crippen LogP) is 2.49. The van der Waals surface area contributed by atoms with Gasteiger partial charge in [0.15, 0.2) is 11.5 Å². The second kappa shape index (κ2) is 7.00. The van der Waals surface area contributed by atoms with Crippen LogP contribution in [0.1, 0.15) is 36.9 Å². The molecule has 94 valence electrons. The first kappa shape index (κ1) is 15.6. The summed E-state index contributed by atoms with van der Waals surface area (Å²) in [6.07, 6.45) is 1.67. The smallest absolute Gasteiger partial charge is 0.162 e. The molecule has 0 bridgehead atoms. The van der Waals surface area contributed by atoms with Crippen molar-refractivity contribution < 1.29 is 9.84 Å². The molecule has 0 spiro atoms. The second-order valence-electron chi connectivity index (χ2n) is 3.62. The van der Waals surface area contributed by atoms with E-state index in [1.807, 2.05) is 13.0 Å². The van der Waals surface area contributed by atoms with E-state index in [1.54, 1.807) is 6.07 Å². The maximum absolute atomic E-state index is 9.89. The largest absolute Gasteiger partial charge is 0.504 e. The summed E-state index contributed by atoms with van der Waals surface area (Å²) in [5, 5.41) is 18.7. The number of benzene rings is 1. The van der Waals surface area contributed by atoms with Crippen LogP contribution in [0.3, 0.4) is 0 Å². The Labute approximate surface area is 107 Å². The first-order valence-electron chi connectivity index (χ1n) is 5.20. The number of nitriles is 1. The van der Waals surface area contributed by atoms with Crippen molar-refractivity contribution in [1.82, 2.24) is 0 Å². The molecule has 0 saturated heterocycles. The van der Waals surface area contributed by atoms with E-state index in [-0.39, 0.29) is 24.2 Å². The summed E-state index contributed by atoms with van der Waals surface area (Å²) >= 11 is 0. The number of methoxy groups -OCH3 is 1. The molecule has 4 nitrogen and oxygen atoms in total. The Morgan fingerprint density at radius 3 is 2.65 bits per heavy atom. The molecule has 0 unspecified atom stereocenters. The fraction of sp³-hybridized carbons (Fsp3) is 0.417. The normalized spacial score (nSPS) is 11.2. The van der Waals surface area contributed by atoms with Crippen LogP contribution in [0.4, 0.5) is 0 Å². The molecule has 0 fully saturated rings. The zero-order valence-electron chi connectivity index (χ0n) is 9.93. The summed E-state index contributed by atoms with van der Waals surface area (Å²) < 4.78 is 5.00. The van der Waals surface area contributed by atoms with E-state index in [1.165, 1.54) is 13.2 Å². The second-order valence-corrected chi connectivity index (χ2v) is 3.62. The van der Waals surface area contributed by atoms with Gasteiger partial charge in [-0.05, 0) is 12.5 Å². The van der Waals surface area contributed by atoms with Gasteiger partial charge in [-0.1, -0.05) is 13.3 Å². The van der Waals surface area contributed by atoms with Crippen molar-refractivity contribution in [1.29, 1.82) is 5.26 Å². The van der Waals surface area contributed by atoms with Crippen molar-refractivity contribution in [3.05, 3.63) is 23.3 Å². The van der Waals surface area contributed by atoms with E-state index in [9.17, 15) is 5.11 Å². The lowest BCUT2D eigenvalue weighted by Gasteiger charge is -2.15. The topological polar surface area (TPSA) is 79.3 Å². The van der Waals surface area contributed by atoms with E-state index in [0.29, 0.717) is 16.9 Å². The molecular formula is C12H17ClN2O2. The van der Waals surface area contributed by atoms with Gasteiger partial charge in [0, 0.05) is 17.7 Å². The van der Waals surface area contributed by atoms with Gasteiger partial charge in [0.05, 0.1) is 18.7 Å². The Kier molecular flexibility index (Phi) is 6.40. The number of phenolic OH excluding ortho intramolecular Hbond substituents is 1. The zero-order valence-corrected chi connectivity index (χ0v) is 10.8. The highest BCUT2D eigenvalue weighted by atomic mass is 35.5. The SMILES string of the molecule is CCC[C@H](N)c1cc(C#N)cc(OC)c1O.Cl. The van der Waals surface area contributed by atoms with Gasteiger partial charge < -0.3 is 15.6 Å². The Hall–Kier alpha value is -1.44. The van der Waals surface area contributed by atoms with Crippen LogP contribution < -0.4 is 10.5 Å². The van der Waals surface area contributed by atoms with Gasteiger partial charge in [-0.3, -0.25) is 0 Å². The molecular weight excluding hydrogens is 240 g/mol. The molecule has 0 saturated carbocycles. The van der Waals surface area contributed by atoms with Crippen LogP contribution in [0.25, 0.3) is 0 Å². The highest BCUT2D eigenvalue weighted by Gasteiger charge is 2.15. The highest BCUT2D eigenvalue weighted by molar-refractivity contribution is 5.85. The molecule has 17 heavy (non-hydrogen) atoms. The molecule has 0 radical (unpaired) electrons. The maximum Gasteiger partial charge on any atom is 0.162 e. The van der Waals surface area contributed by atoms with Crippen molar-refractivity contribution in [3.63, 3.8) is 0 Å². The third-order valence-electron chi connectivity index (χ3n) is 2.45. The summed E-state index contributed by atoms with van der Waals surface area (Å²) in [6, 6.07) is 4.86. The van der Waals surface area contributed by atoms with Gasteiger partial charge >= 0.3 is 0 Å². The molecule has 0 aliphatic rings. The van der Waals surface area contributed by atoms with Crippen molar-refractivity contribution in [2.75, 3.05) is 7.11 Å². The molecule has 1 aromatic carbocycles.